The van der Waals surface area contributed by atoms with Crippen LogP contribution in [0.25, 0.3) is 10.2 Å². The van der Waals surface area contributed by atoms with Gasteiger partial charge in [0, 0.05) is 23.4 Å². The van der Waals surface area contributed by atoms with E-state index < -0.39 is 0 Å². The molecule has 1 saturated heterocycles. The summed E-state index contributed by atoms with van der Waals surface area (Å²) in [6.45, 7) is 5.56. The SMILES string of the molecule is Cc1nn(C)c2sc(C3CCC(C)CN3)cc12. The number of aryl methyl sites for hydroxylation is 2. The van der Waals surface area contributed by atoms with Crippen LogP contribution in [0.4, 0.5) is 0 Å². The molecule has 4 heteroatoms. The largest absolute Gasteiger partial charge is 0.309 e. The van der Waals surface area contributed by atoms with Crippen molar-refractivity contribution in [1.29, 1.82) is 0 Å². The molecule has 0 radical (unpaired) electrons. The fraction of sp³-hybridized carbons (Fsp3) is 0.615. The zero-order valence-corrected chi connectivity index (χ0v) is 11.5. The van der Waals surface area contributed by atoms with Gasteiger partial charge in [-0.1, -0.05) is 6.92 Å². The molecule has 0 saturated carbocycles. The van der Waals surface area contributed by atoms with E-state index in [-0.39, 0.29) is 0 Å². The number of aromatic nitrogens is 2. The van der Waals surface area contributed by atoms with E-state index in [4.69, 9.17) is 0 Å². The smallest absolute Gasteiger partial charge is 0.121 e. The third-order valence-electron chi connectivity index (χ3n) is 3.72. The van der Waals surface area contributed by atoms with Crippen molar-refractivity contribution >= 4 is 21.6 Å². The van der Waals surface area contributed by atoms with E-state index in [1.807, 2.05) is 23.1 Å². The predicted octanol–water partition coefficient (Wildman–Crippen LogP) is 3.00. The number of hydrogen-bond donors (Lipinski definition) is 1. The second kappa shape index (κ2) is 4.10. The van der Waals surface area contributed by atoms with Crippen LogP contribution < -0.4 is 5.32 Å². The lowest BCUT2D eigenvalue weighted by atomic mass is 9.95. The van der Waals surface area contributed by atoms with Crippen molar-refractivity contribution in [2.24, 2.45) is 13.0 Å². The highest BCUT2D eigenvalue weighted by atomic mass is 32.1. The van der Waals surface area contributed by atoms with Gasteiger partial charge in [0.2, 0.25) is 0 Å². The summed E-state index contributed by atoms with van der Waals surface area (Å²) in [5.74, 6) is 0.823. The zero-order chi connectivity index (χ0) is 12.0. The van der Waals surface area contributed by atoms with Crippen LogP contribution in [0.15, 0.2) is 6.07 Å². The van der Waals surface area contributed by atoms with Gasteiger partial charge in [-0.05, 0) is 38.3 Å². The molecule has 0 aromatic carbocycles. The number of thiophene rings is 1. The average molecular weight is 249 g/mol. The van der Waals surface area contributed by atoms with E-state index in [0.29, 0.717) is 6.04 Å². The van der Waals surface area contributed by atoms with Crippen LogP contribution in [0.3, 0.4) is 0 Å². The number of hydrogen-bond acceptors (Lipinski definition) is 3. The quantitative estimate of drug-likeness (QED) is 0.842. The highest BCUT2D eigenvalue weighted by Crippen LogP contribution is 2.35. The molecule has 1 fully saturated rings. The third kappa shape index (κ3) is 1.89. The molecule has 2 aromatic rings. The standard InChI is InChI=1S/C13H19N3S/c1-8-4-5-11(14-7-8)12-6-10-9(2)15-16(3)13(10)17-12/h6,8,11,14H,4-5,7H2,1-3H3. The summed E-state index contributed by atoms with van der Waals surface area (Å²) in [4.78, 5) is 2.78. The Hall–Kier alpha value is -0.870. The van der Waals surface area contributed by atoms with Gasteiger partial charge in [-0.25, -0.2) is 0 Å². The lowest BCUT2D eigenvalue weighted by molar-refractivity contribution is 0.336. The van der Waals surface area contributed by atoms with Crippen molar-refractivity contribution in [3.63, 3.8) is 0 Å². The number of nitrogens with one attached hydrogen (secondary N) is 1. The Labute approximate surface area is 106 Å². The van der Waals surface area contributed by atoms with Crippen molar-refractivity contribution in [3.8, 4) is 0 Å². The number of piperidine rings is 1. The minimum atomic E-state index is 0.558. The Morgan fingerprint density at radius 1 is 1.47 bits per heavy atom. The average Bonchev–Trinajstić information content (AvgIpc) is 2.83. The summed E-state index contributed by atoms with van der Waals surface area (Å²) in [5.41, 5.74) is 1.15. The molecule has 0 aliphatic carbocycles. The van der Waals surface area contributed by atoms with E-state index in [9.17, 15) is 0 Å². The maximum absolute atomic E-state index is 4.46. The summed E-state index contributed by atoms with van der Waals surface area (Å²) in [6, 6.07) is 2.89. The normalized spacial score (nSPS) is 25.6. The second-order valence-electron chi connectivity index (χ2n) is 5.22. The monoisotopic (exact) mass is 249 g/mol. The number of fused-ring (bicyclic) bond motifs is 1. The molecule has 2 atom stereocenters. The van der Waals surface area contributed by atoms with Gasteiger partial charge >= 0.3 is 0 Å². The molecular weight excluding hydrogens is 230 g/mol. The summed E-state index contributed by atoms with van der Waals surface area (Å²) < 4.78 is 2.00. The highest BCUT2D eigenvalue weighted by Gasteiger charge is 2.21. The molecule has 0 amide bonds. The fourth-order valence-electron chi connectivity index (χ4n) is 2.64. The fourth-order valence-corrected chi connectivity index (χ4v) is 3.87. The minimum absolute atomic E-state index is 0.558. The number of nitrogens with zero attached hydrogens (tertiary/aromatic N) is 2. The molecule has 0 bridgehead atoms. The van der Waals surface area contributed by atoms with Gasteiger partial charge in [-0.3, -0.25) is 4.68 Å². The Morgan fingerprint density at radius 2 is 2.29 bits per heavy atom. The number of rotatable bonds is 1. The molecule has 3 nitrogen and oxygen atoms in total. The van der Waals surface area contributed by atoms with Gasteiger partial charge in [0.15, 0.2) is 0 Å². The first-order chi connectivity index (χ1) is 8.15. The molecule has 17 heavy (non-hydrogen) atoms. The van der Waals surface area contributed by atoms with Crippen LogP contribution >= 0.6 is 11.3 Å². The van der Waals surface area contributed by atoms with Gasteiger partial charge in [0.1, 0.15) is 4.83 Å². The van der Waals surface area contributed by atoms with E-state index in [1.54, 1.807) is 0 Å². The van der Waals surface area contributed by atoms with Gasteiger partial charge < -0.3 is 5.32 Å². The van der Waals surface area contributed by atoms with Crippen LogP contribution in [-0.2, 0) is 7.05 Å². The molecule has 1 aliphatic rings. The first-order valence-corrected chi connectivity index (χ1v) is 7.13. The molecule has 92 valence electrons. The van der Waals surface area contributed by atoms with E-state index in [0.717, 1.165) is 18.2 Å². The predicted molar refractivity (Wildman–Crippen MR) is 72.5 cm³/mol. The van der Waals surface area contributed by atoms with Crippen molar-refractivity contribution in [3.05, 3.63) is 16.6 Å². The lowest BCUT2D eigenvalue weighted by Crippen LogP contribution is -2.31. The summed E-state index contributed by atoms with van der Waals surface area (Å²) in [7, 11) is 2.03. The Kier molecular flexibility index (Phi) is 2.71. The molecule has 3 heterocycles. The van der Waals surface area contributed by atoms with Crippen LogP contribution in [0.2, 0.25) is 0 Å². The Bertz CT molecular complexity index is 498. The maximum Gasteiger partial charge on any atom is 0.121 e. The highest BCUT2D eigenvalue weighted by molar-refractivity contribution is 7.18. The first kappa shape index (κ1) is 11.2. The van der Waals surface area contributed by atoms with Crippen molar-refractivity contribution in [2.75, 3.05) is 6.54 Å². The molecule has 2 unspecified atom stereocenters. The third-order valence-corrected chi connectivity index (χ3v) is 5.04. The molecule has 3 rings (SSSR count). The van der Waals surface area contributed by atoms with Crippen LogP contribution in [0.5, 0.6) is 0 Å². The topological polar surface area (TPSA) is 29.9 Å². The van der Waals surface area contributed by atoms with E-state index in [1.165, 1.54) is 27.9 Å². The molecule has 2 aromatic heterocycles. The van der Waals surface area contributed by atoms with E-state index >= 15 is 0 Å². The van der Waals surface area contributed by atoms with Gasteiger partial charge in [0.05, 0.1) is 5.69 Å². The molecule has 0 spiro atoms. The second-order valence-corrected chi connectivity index (χ2v) is 6.28. The van der Waals surface area contributed by atoms with Gasteiger partial charge in [-0.2, -0.15) is 5.10 Å². The molecule has 1 N–H and O–H groups in total. The van der Waals surface area contributed by atoms with Crippen molar-refractivity contribution in [2.45, 2.75) is 32.7 Å². The molecule has 1 aliphatic heterocycles. The summed E-state index contributed by atoms with van der Waals surface area (Å²) >= 11 is 1.89. The van der Waals surface area contributed by atoms with Crippen LogP contribution in [-0.4, -0.2) is 16.3 Å². The van der Waals surface area contributed by atoms with Gasteiger partial charge in [-0.15, -0.1) is 11.3 Å². The van der Waals surface area contributed by atoms with Crippen LogP contribution in [0.1, 0.15) is 36.4 Å². The minimum Gasteiger partial charge on any atom is -0.309 e. The maximum atomic E-state index is 4.46. The van der Waals surface area contributed by atoms with E-state index in [2.05, 4.69) is 30.3 Å². The first-order valence-electron chi connectivity index (χ1n) is 6.31. The van der Waals surface area contributed by atoms with Crippen molar-refractivity contribution < 1.29 is 0 Å². The zero-order valence-electron chi connectivity index (χ0n) is 10.7. The molecular formula is C13H19N3S. The summed E-state index contributed by atoms with van der Waals surface area (Å²) in [6.07, 6.45) is 2.60. The Balaban J connectivity index is 1.93. The van der Waals surface area contributed by atoms with Gasteiger partial charge in [0.25, 0.3) is 0 Å². The van der Waals surface area contributed by atoms with Crippen molar-refractivity contribution in [1.82, 2.24) is 15.1 Å². The summed E-state index contributed by atoms with van der Waals surface area (Å²) in [5, 5.41) is 9.44. The van der Waals surface area contributed by atoms with Crippen LogP contribution in [0, 0.1) is 12.8 Å². The Morgan fingerprint density at radius 3 is 2.94 bits per heavy atom. The lowest BCUT2D eigenvalue weighted by Gasteiger charge is -2.26.